The van der Waals surface area contributed by atoms with Crippen molar-refractivity contribution >= 4 is 54.7 Å². The SMILES string of the molecule is CCOc1cc(C=Nn2c(-c3ccccc3)nc3ccccc3c2=O)c(Br)c(Br)c1Oc1ccc([N+](=O)[O-])cn1. The summed E-state index contributed by atoms with van der Waals surface area (Å²) in [5.41, 5.74) is 1.42. The van der Waals surface area contributed by atoms with Crippen LogP contribution in [0.1, 0.15) is 12.5 Å². The molecule has 0 fully saturated rings. The summed E-state index contributed by atoms with van der Waals surface area (Å²) in [6.07, 6.45) is 2.63. The van der Waals surface area contributed by atoms with E-state index in [0.717, 1.165) is 11.8 Å². The van der Waals surface area contributed by atoms with Crippen LogP contribution >= 0.6 is 31.9 Å². The minimum absolute atomic E-state index is 0.141. The summed E-state index contributed by atoms with van der Waals surface area (Å²) < 4.78 is 14.1. The van der Waals surface area contributed by atoms with Gasteiger partial charge in [-0.05, 0) is 57.0 Å². The van der Waals surface area contributed by atoms with E-state index in [4.69, 9.17) is 14.5 Å². The van der Waals surface area contributed by atoms with E-state index >= 15 is 0 Å². The smallest absolute Gasteiger partial charge is 0.287 e. The van der Waals surface area contributed by atoms with Crippen molar-refractivity contribution in [3.05, 3.63) is 114 Å². The lowest BCUT2D eigenvalue weighted by Crippen LogP contribution is -2.20. The fourth-order valence-corrected chi connectivity index (χ4v) is 4.73. The van der Waals surface area contributed by atoms with Crippen molar-refractivity contribution in [3.8, 4) is 28.8 Å². The Hall–Kier alpha value is -4.42. The molecule has 0 aliphatic rings. The molecule has 0 bridgehead atoms. The summed E-state index contributed by atoms with van der Waals surface area (Å²) in [6, 6.07) is 20.8. The van der Waals surface area contributed by atoms with Crippen LogP contribution in [0, 0.1) is 10.1 Å². The van der Waals surface area contributed by atoms with Gasteiger partial charge in [-0.1, -0.05) is 42.5 Å². The van der Waals surface area contributed by atoms with Gasteiger partial charge < -0.3 is 9.47 Å². The third-order valence-electron chi connectivity index (χ3n) is 5.69. The van der Waals surface area contributed by atoms with Crippen LogP contribution in [0.3, 0.4) is 0 Å². The van der Waals surface area contributed by atoms with Crippen LogP contribution < -0.4 is 15.0 Å². The van der Waals surface area contributed by atoms with E-state index in [-0.39, 0.29) is 17.1 Å². The number of hydrogen-bond donors (Lipinski definition) is 0. The van der Waals surface area contributed by atoms with E-state index in [1.54, 1.807) is 24.3 Å². The van der Waals surface area contributed by atoms with Crippen molar-refractivity contribution < 1.29 is 14.4 Å². The highest BCUT2D eigenvalue weighted by atomic mass is 79.9. The van der Waals surface area contributed by atoms with Crippen molar-refractivity contribution in [2.45, 2.75) is 6.92 Å². The number of nitro groups is 1. The Labute approximate surface area is 244 Å². The molecule has 0 amide bonds. The van der Waals surface area contributed by atoms with Crippen LogP contribution in [0.5, 0.6) is 17.4 Å². The summed E-state index contributed by atoms with van der Waals surface area (Å²) in [6.45, 7) is 2.16. The van der Waals surface area contributed by atoms with Crippen LogP contribution in [-0.4, -0.2) is 32.4 Å². The fraction of sp³-hybridized carbons (Fsp3) is 0.0714. The third-order valence-corrected chi connectivity index (χ3v) is 7.84. The topological polar surface area (TPSA) is 122 Å². The molecular weight excluding hydrogens is 646 g/mol. The largest absolute Gasteiger partial charge is 0.490 e. The standard InChI is InChI=1S/C28H19Br2N5O5/c1-2-39-22-14-18(24(29)25(30)26(22)40-23-13-12-19(16-31-23)35(37)38)15-32-34-27(17-8-4-3-5-9-17)33-21-11-7-6-10-20(21)28(34)36/h3-16H,2H2,1H3. The molecule has 2 heterocycles. The van der Waals surface area contributed by atoms with Gasteiger partial charge in [0, 0.05) is 27.7 Å². The normalized spacial score (nSPS) is 11.2. The molecule has 40 heavy (non-hydrogen) atoms. The van der Waals surface area contributed by atoms with E-state index in [9.17, 15) is 14.9 Å². The van der Waals surface area contributed by atoms with Crippen LogP contribution in [-0.2, 0) is 0 Å². The number of nitrogens with zero attached hydrogens (tertiary/aromatic N) is 5. The Morgan fingerprint density at radius 2 is 1.80 bits per heavy atom. The van der Waals surface area contributed by atoms with Gasteiger partial charge >= 0.3 is 0 Å². The quantitative estimate of drug-likeness (QED) is 0.0998. The number of fused-ring (bicyclic) bond motifs is 1. The highest BCUT2D eigenvalue weighted by Crippen LogP contribution is 2.44. The molecule has 0 saturated carbocycles. The molecule has 0 saturated heterocycles. The molecule has 0 radical (unpaired) electrons. The molecule has 5 rings (SSSR count). The van der Waals surface area contributed by atoms with Crippen LogP contribution in [0.25, 0.3) is 22.3 Å². The summed E-state index contributed by atoms with van der Waals surface area (Å²) in [7, 11) is 0. The van der Waals surface area contributed by atoms with E-state index in [1.807, 2.05) is 43.3 Å². The molecule has 2 aromatic heterocycles. The molecule has 0 N–H and O–H groups in total. The molecule has 0 atom stereocenters. The lowest BCUT2D eigenvalue weighted by Gasteiger charge is -2.15. The number of halogens is 2. The Balaban J connectivity index is 1.59. The van der Waals surface area contributed by atoms with E-state index in [1.165, 1.54) is 23.0 Å². The number of hydrogen-bond acceptors (Lipinski definition) is 8. The first-order valence-electron chi connectivity index (χ1n) is 11.9. The second-order valence-electron chi connectivity index (χ2n) is 8.25. The van der Waals surface area contributed by atoms with Gasteiger partial charge in [0.1, 0.15) is 6.20 Å². The van der Waals surface area contributed by atoms with Crippen LogP contribution in [0.4, 0.5) is 5.69 Å². The molecule has 0 aliphatic heterocycles. The highest BCUT2D eigenvalue weighted by Gasteiger charge is 2.19. The van der Waals surface area contributed by atoms with Gasteiger partial charge in [0.05, 0.1) is 33.1 Å². The maximum absolute atomic E-state index is 13.5. The van der Waals surface area contributed by atoms with E-state index < -0.39 is 4.92 Å². The monoisotopic (exact) mass is 663 g/mol. The zero-order valence-corrected chi connectivity index (χ0v) is 24.0. The van der Waals surface area contributed by atoms with Crippen molar-refractivity contribution in [3.63, 3.8) is 0 Å². The van der Waals surface area contributed by atoms with Gasteiger partial charge in [0.25, 0.3) is 11.2 Å². The Kier molecular flexibility index (Phi) is 7.99. The average Bonchev–Trinajstić information content (AvgIpc) is 2.97. The molecule has 3 aromatic carbocycles. The van der Waals surface area contributed by atoms with Gasteiger partial charge in [-0.15, -0.1) is 0 Å². The van der Waals surface area contributed by atoms with Gasteiger partial charge in [-0.3, -0.25) is 14.9 Å². The van der Waals surface area contributed by atoms with Gasteiger partial charge in [-0.2, -0.15) is 9.78 Å². The number of pyridine rings is 1. The molecule has 200 valence electrons. The predicted octanol–water partition coefficient (Wildman–Crippen LogP) is 6.96. The second kappa shape index (κ2) is 11.8. The third kappa shape index (κ3) is 5.49. The second-order valence-corrected chi connectivity index (χ2v) is 9.83. The number of ether oxygens (including phenoxy) is 2. The number of benzene rings is 3. The molecule has 12 heteroatoms. The first kappa shape index (κ1) is 27.2. The highest BCUT2D eigenvalue weighted by molar-refractivity contribution is 9.13. The maximum atomic E-state index is 13.5. The first-order chi connectivity index (χ1) is 19.4. The lowest BCUT2D eigenvalue weighted by molar-refractivity contribution is -0.385. The summed E-state index contributed by atoms with van der Waals surface area (Å²) >= 11 is 7.11. The molecule has 0 unspecified atom stereocenters. The van der Waals surface area contributed by atoms with Crippen molar-refractivity contribution in [2.24, 2.45) is 5.10 Å². The number of rotatable bonds is 8. The molecule has 10 nitrogen and oxygen atoms in total. The van der Waals surface area contributed by atoms with Gasteiger partial charge in [-0.25, -0.2) is 9.97 Å². The molecule has 0 spiro atoms. The number of para-hydroxylation sites is 1. The van der Waals surface area contributed by atoms with Crippen LogP contribution in [0.15, 0.2) is 97.8 Å². The minimum Gasteiger partial charge on any atom is -0.490 e. The van der Waals surface area contributed by atoms with Crippen LogP contribution in [0.2, 0.25) is 0 Å². The fourth-order valence-electron chi connectivity index (χ4n) is 3.83. The Morgan fingerprint density at radius 1 is 1.05 bits per heavy atom. The summed E-state index contributed by atoms with van der Waals surface area (Å²) in [4.78, 5) is 32.6. The average molecular weight is 665 g/mol. The summed E-state index contributed by atoms with van der Waals surface area (Å²) in [5.74, 6) is 1.21. The van der Waals surface area contributed by atoms with E-state index in [2.05, 4.69) is 41.9 Å². The lowest BCUT2D eigenvalue weighted by atomic mass is 10.2. The molecule has 5 aromatic rings. The molecule has 0 aliphatic carbocycles. The van der Waals surface area contributed by atoms with Gasteiger partial charge in [0.2, 0.25) is 5.88 Å². The minimum atomic E-state index is -0.539. The van der Waals surface area contributed by atoms with Crippen molar-refractivity contribution in [1.29, 1.82) is 0 Å². The zero-order chi connectivity index (χ0) is 28.2. The summed E-state index contributed by atoms with van der Waals surface area (Å²) in [5, 5.41) is 15.9. The maximum Gasteiger partial charge on any atom is 0.287 e. The van der Waals surface area contributed by atoms with Crippen molar-refractivity contribution in [1.82, 2.24) is 14.6 Å². The Bertz CT molecular complexity index is 1810. The van der Waals surface area contributed by atoms with E-state index in [0.29, 0.717) is 49.3 Å². The first-order valence-corrected chi connectivity index (χ1v) is 13.5. The number of aromatic nitrogens is 3. The van der Waals surface area contributed by atoms with Crippen molar-refractivity contribution in [2.75, 3.05) is 6.61 Å². The Morgan fingerprint density at radius 3 is 2.50 bits per heavy atom. The predicted molar refractivity (Wildman–Crippen MR) is 158 cm³/mol. The zero-order valence-electron chi connectivity index (χ0n) is 20.8. The van der Waals surface area contributed by atoms with Gasteiger partial charge in [0.15, 0.2) is 17.3 Å². The molecular formula is C28H19Br2N5O5.